The van der Waals surface area contributed by atoms with Crippen LogP contribution in [0.3, 0.4) is 0 Å². The van der Waals surface area contributed by atoms with Gasteiger partial charge in [0.05, 0.1) is 12.4 Å². The zero-order chi connectivity index (χ0) is 5.11. The Morgan fingerprint density at radius 1 is 1.57 bits per heavy atom. The maximum Gasteiger partial charge on any atom is 0.205 e. The largest absolute Gasteiger partial charge is 0.286 e. The van der Waals surface area contributed by atoms with Crippen LogP contribution in [-0.2, 0) is 4.79 Å². The van der Waals surface area contributed by atoms with Gasteiger partial charge in [0, 0.05) is 0 Å². The van der Waals surface area contributed by atoms with Crippen molar-refractivity contribution in [2.24, 2.45) is 0 Å². The average molecular weight is 118 g/mol. The summed E-state index contributed by atoms with van der Waals surface area (Å²) < 4.78 is 0. The Hall–Kier alpha value is -0.0600. The Kier molecular flexibility index (Phi) is 1.67. The molecule has 0 radical (unpaired) electrons. The minimum absolute atomic E-state index is 0.207. The summed E-state index contributed by atoms with van der Waals surface area (Å²) in [5.74, 6) is 0.693. The lowest BCUT2D eigenvalue weighted by molar-refractivity contribution is -0.110. The summed E-state index contributed by atoms with van der Waals surface area (Å²) in [4.78, 5) is 10.3. The van der Waals surface area contributed by atoms with Crippen LogP contribution in [0, 0.1) is 0 Å². The van der Waals surface area contributed by atoms with Gasteiger partial charge in [0.15, 0.2) is 0 Å². The number of nitrogens with one attached hydrogen (secondary N) is 2. The summed E-state index contributed by atoms with van der Waals surface area (Å²) in [6, 6.07) is 0. The minimum atomic E-state index is 0.207. The highest BCUT2D eigenvalue weighted by Gasteiger charge is 2.04. The Balaban J connectivity index is 2.25. The fraction of sp³-hybridized carbons (Fsp3) is 0.667. The van der Waals surface area contributed by atoms with E-state index in [9.17, 15) is 4.79 Å². The molecule has 7 heavy (non-hydrogen) atoms. The van der Waals surface area contributed by atoms with Gasteiger partial charge < -0.3 is 0 Å². The molecular weight excluding hydrogens is 112 g/mol. The molecule has 0 aliphatic carbocycles. The lowest BCUT2D eigenvalue weighted by Crippen LogP contribution is -2.40. The number of carbonyl (C=O) groups excluding carboxylic acids is 1. The van der Waals surface area contributed by atoms with Crippen molar-refractivity contribution in [1.29, 1.82) is 0 Å². The molecule has 1 heterocycles. The van der Waals surface area contributed by atoms with Gasteiger partial charge in [0.1, 0.15) is 0 Å². The highest BCUT2D eigenvalue weighted by atomic mass is 32.2. The van der Waals surface area contributed by atoms with E-state index >= 15 is 0 Å². The van der Waals surface area contributed by atoms with E-state index in [-0.39, 0.29) is 5.12 Å². The fourth-order valence-corrected chi connectivity index (χ4v) is 0.863. The third-order valence-corrected chi connectivity index (χ3v) is 1.42. The van der Waals surface area contributed by atoms with Crippen molar-refractivity contribution in [3.8, 4) is 0 Å². The third-order valence-electron chi connectivity index (χ3n) is 0.663. The van der Waals surface area contributed by atoms with Crippen LogP contribution in [0.1, 0.15) is 0 Å². The fourth-order valence-electron chi connectivity index (χ4n) is 0.353. The highest BCUT2D eigenvalue weighted by molar-refractivity contribution is 8.13. The number of hydrogen-bond acceptors (Lipinski definition) is 4. The molecule has 3 nitrogen and oxygen atoms in total. The van der Waals surface area contributed by atoms with Gasteiger partial charge in [-0.1, -0.05) is 11.8 Å². The number of rotatable bonds is 0. The van der Waals surface area contributed by atoms with Crippen LogP contribution in [0.5, 0.6) is 0 Å². The molecule has 1 rings (SSSR count). The summed E-state index contributed by atoms with van der Waals surface area (Å²) in [7, 11) is 0. The normalized spacial score (nSPS) is 22.6. The van der Waals surface area contributed by atoms with E-state index in [1.807, 2.05) is 0 Å². The van der Waals surface area contributed by atoms with Gasteiger partial charge in [-0.3, -0.25) is 4.79 Å². The van der Waals surface area contributed by atoms with E-state index in [2.05, 4.69) is 10.9 Å². The van der Waals surface area contributed by atoms with E-state index in [1.165, 1.54) is 11.8 Å². The third kappa shape index (κ3) is 1.46. The van der Waals surface area contributed by atoms with Crippen LogP contribution >= 0.6 is 11.8 Å². The van der Waals surface area contributed by atoms with Crippen molar-refractivity contribution in [1.82, 2.24) is 10.9 Å². The molecule has 0 aromatic rings. The minimum Gasteiger partial charge on any atom is -0.286 e. The summed E-state index contributed by atoms with van der Waals surface area (Å²) in [6.45, 7) is 0.449. The first-order valence-corrected chi connectivity index (χ1v) is 2.99. The Bertz CT molecular complexity index is 77.0. The molecule has 0 atom stereocenters. The standard InChI is InChI=1S/C3H6N2OS/c6-3-1-4-5-2-7-3/h4-5H,1-2H2. The van der Waals surface area contributed by atoms with Crippen LogP contribution in [0.15, 0.2) is 0 Å². The van der Waals surface area contributed by atoms with Gasteiger partial charge in [-0.2, -0.15) is 0 Å². The van der Waals surface area contributed by atoms with Gasteiger partial charge in [-0.25, -0.2) is 10.9 Å². The van der Waals surface area contributed by atoms with Crippen molar-refractivity contribution in [3.63, 3.8) is 0 Å². The Labute approximate surface area is 45.8 Å². The predicted octanol–water partition coefficient (Wildman–Crippen LogP) is -0.688. The molecule has 40 valence electrons. The second kappa shape index (κ2) is 2.30. The SMILES string of the molecule is O=C1CNNCS1. The molecule has 4 heteroatoms. The van der Waals surface area contributed by atoms with E-state index in [0.29, 0.717) is 12.4 Å². The van der Waals surface area contributed by atoms with E-state index in [4.69, 9.17) is 0 Å². The number of hydrogen-bond donors (Lipinski definition) is 2. The highest BCUT2D eigenvalue weighted by Crippen LogP contribution is 1.99. The molecule has 1 aliphatic heterocycles. The molecule has 1 fully saturated rings. The first-order valence-electron chi connectivity index (χ1n) is 2.01. The van der Waals surface area contributed by atoms with Crippen molar-refractivity contribution < 1.29 is 4.79 Å². The molecule has 0 spiro atoms. The van der Waals surface area contributed by atoms with Crippen molar-refractivity contribution >= 4 is 16.9 Å². The summed E-state index contributed by atoms with van der Waals surface area (Å²) in [6.07, 6.45) is 0. The van der Waals surface area contributed by atoms with Gasteiger partial charge in [-0.05, 0) is 0 Å². The zero-order valence-electron chi connectivity index (χ0n) is 3.73. The molecule has 0 aromatic heterocycles. The lowest BCUT2D eigenvalue weighted by Gasteiger charge is -2.09. The smallest absolute Gasteiger partial charge is 0.205 e. The van der Waals surface area contributed by atoms with Crippen LogP contribution < -0.4 is 10.9 Å². The van der Waals surface area contributed by atoms with E-state index in [1.54, 1.807) is 0 Å². The second-order valence-electron chi connectivity index (χ2n) is 1.19. The first kappa shape index (κ1) is 5.08. The van der Waals surface area contributed by atoms with E-state index in [0.717, 1.165) is 0 Å². The predicted molar refractivity (Wildman–Crippen MR) is 28.6 cm³/mol. The molecule has 0 bridgehead atoms. The molecule has 0 amide bonds. The first-order chi connectivity index (χ1) is 3.39. The van der Waals surface area contributed by atoms with Crippen molar-refractivity contribution in [2.45, 2.75) is 0 Å². The van der Waals surface area contributed by atoms with Crippen LogP contribution in [0.4, 0.5) is 0 Å². The molecular formula is C3H6N2OS. The van der Waals surface area contributed by atoms with Crippen LogP contribution in [0.2, 0.25) is 0 Å². The topological polar surface area (TPSA) is 41.1 Å². The van der Waals surface area contributed by atoms with Crippen molar-refractivity contribution in [2.75, 3.05) is 12.4 Å². The monoisotopic (exact) mass is 118 g/mol. The number of carbonyl (C=O) groups is 1. The van der Waals surface area contributed by atoms with Crippen molar-refractivity contribution in [3.05, 3.63) is 0 Å². The molecule has 2 N–H and O–H groups in total. The molecule has 1 aliphatic rings. The Morgan fingerprint density at radius 3 is 2.71 bits per heavy atom. The molecule has 0 saturated carbocycles. The van der Waals surface area contributed by atoms with E-state index < -0.39 is 0 Å². The summed E-state index contributed by atoms with van der Waals surface area (Å²) >= 11 is 1.31. The van der Waals surface area contributed by atoms with Crippen LogP contribution in [-0.4, -0.2) is 17.5 Å². The van der Waals surface area contributed by atoms with Gasteiger partial charge >= 0.3 is 0 Å². The van der Waals surface area contributed by atoms with Gasteiger partial charge in [0.2, 0.25) is 5.12 Å². The van der Waals surface area contributed by atoms with Gasteiger partial charge in [-0.15, -0.1) is 0 Å². The van der Waals surface area contributed by atoms with Crippen LogP contribution in [0.25, 0.3) is 0 Å². The maximum atomic E-state index is 10.3. The Morgan fingerprint density at radius 2 is 2.43 bits per heavy atom. The molecule has 1 saturated heterocycles. The zero-order valence-corrected chi connectivity index (χ0v) is 4.55. The summed E-state index contributed by atoms with van der Waals surface area (Å²) in [5, 5.41) is 0.207. The molecule has 0 aromatic carbocycles. The van der Waals surface area contributed by atoms with Gasteiger partial charge in [0.25, 0.3) is 0 Å². The molecule has 0 unspecified atom stereocenters. The lowest BCUT2D eigenvalue weighted by atomic mass is 10.8. The number of hydrazine groups is 1. The quantitative estimate of drug-likeness (QED) is 0.442. The average Bonchev–Trinajstić information content (AvgIpc) is 1.69. The number of thioether (sulfide) groups is 1. The summed E-state index contributed by atoms with van der Waals surface area (Å²) in [5.41, 5.74) is 5.52. The second-order valence-corrected chi connectivity index (χ2v) is 2.22. The maximum absolute atomic E-state index is 10.3.